The van der Waals surface area contributed by atoms with Gasteiger partial charge in [-0.2, -0.15) is 4.31 Å². The maximum Gasteiger partial charge on any atom is 0.243 e. The van der Waals surface area contributed by atoms with E-state index in [1.807, 2.05) is 12.1 Å². The zero-order valence-electron chi connectivity index (χ0n) is 17.7. The second kappa shape index (κ2) is 9.27. The van der Waals surface area contributed by atoms with Gasteiger partial charge >= 0.3 is 0 Å². The lowest BCUT2D eigenvalue weighted by atomic mass is 9.96. The van der Waals surface area contributed by atoms with Gasteiger partial charge in [0.2, 0.25) is 15.9 Å². The quantitative estimate of drug-likeness (QED) is 0.693. The van der Waals surface area contributed by atoms with Crippen molar-refractivity contribution in [2.24, 2.45) is 5.92 Å². The normalized spacial score (nSPS) is 16.0. The fourth-order valence-corrected chi connectivity index (χ4v) is 5.24. The van der Waals surface area contributed by atoms with E-state index in [1.165, 1.54) is 16.4 Å². The molecule has 0 spiro atoms. The molecule has 0 aromatic heterocycles. The lowest BCUT2D eigenvalue weighted by Crippen LogP contribution is -2.43. The monoisotopic (exact) mass is 432 g/mol. The fraction of sp³-hybridized carbons (Fsp3) is 0.435. The Morgan fingerprint density at radius 1 is 1.07 bits per heavy atom. The van der Waals surface area contributed by atoms with Crippen molar-refractivity contribution in [3.05, 3.63) is 65.5 Å². The number of benzene rings is 2. The first-order valence-electron chi connectivity index (χ1n) is 10.3. The molecule has 1 aliphatic heterocycles. The van der Waals surface area contributed by atoms with E-state index in [9.17, 15) is 17.6 Å². The second-order valence-electron chi connectivity index (χ2n) is 8.22. The van der Waals surface area contributed by atoms with Gasteiger partial charge in [-0.1, -0.05) is 38.1 Å². The van der Waals surface area contributed by atoms with Gasteiger partial charge in [-0.25, -0.2) is 12.8 Å². The average molecular weight is 433 g/mol. The minimum Gasteiger partial charge on any atom is -0.341 e. The number of hydrogen-bond donors (Lipinski definition) is 0. The highest BCUT2D eigenvalue weighted by atomic mass is 32.2. The van der Waals surface area contributed by atoms with E-state index in [0.29, 0.717) is 43.3 Å². The third kappa shape index (κ3) is 5.08. The molecular weight excluding hydrogens is 403 g/mol. The average Bonchev–Trinajstić information content (AvgIpc) is 2.75. The Balaban J connectivity index is 1.59. The molecule has 1 saturated heterocycles. The molecule has 2 aromatic carbocycles. The van der Waals surface area contributed by atoms with Crippen LogP contribution in [0, 0.1) is 11.7 Å². The number of halogens is 1. The van der Waals surface area contributed by atoms with Crippen molar-refractivity contribution >= 4 is 15.9 Å². The zero-order chi connectivity index (χ0) is 21.9. The topological polar surface area (TPSA) is 57.7 Å². The molecule has 0 atom stereocenters. The van der Waals surface area contributed by atoms with Gasteiger partial charge < -0.3 is 4.90 Å². The van der Waals surface area contributed by atoms with E-state index >= 15 is 0 Å². The summed E-state index contributed by atoms with van der Waals surface area (Å²) in [6.45, 7) is 5.20. The van der Waals surface area contributed by atoms with E-state index in [4.69, 9.17) is 0 Å². The molecule has 7 heteroatoms. The third-order valence-corrected chi connectivity index (χ3v) is 7.61. The van der Waals surface area contributed by atoms with Crippen LogP contribution in [0.4, 0.5) is 4.39 Å². The Morgan fingerprint density at radius 3 is 2.17 bits per heavy atom. The Labute approximate surface area is 178 Å². The molecule has 0 saturated carbocycles. The predicted octanol–water partition coefficient (Wildman–Crippen LogP) is 4.01. The predicted molar refractivity (Wildman–Crippen MR) is 115 cm³/mol. The van der Waals surface area contributed by atoms with Crippen molar-refractivity contribution in [2.75, 3.05) is 20.1 Å². The number of carbonyl (C=O) groups excluding carboxylic acids is 1. The zero-order valence-corrected chi connectivity index (χ0v) is 18.5. The molecule has 0 radical (unpaired) electrons. The molecule has 0 aliphatic carbocycles. The lowest BCUT2D eigenvalue weighted by Gasteiger charge is -2.32. The van der Waals surface area contributed by atoms with Crippen molar-refractivity contribution in [1.29, 1.82) is 0 Å². The molecule has 3 rings (SSSR count). The Bertz CT molecular complexity index is 965. The van der Waals surface area contributed by atoms with Crippen molar-refractivity contribution in [1.82, 2.24) is 9.21 Å². The first-order chi connectivity index (χ1) is 14.2. The van der Waals surface area contributed by atoms with Gasteiger partial charge in [0, 0.05) is 32.6 Å². The van der Waals surface area contributed by atoms with E-state index in [-0.39, 0.29) is 17.6 Å². The summed E-state index contributed by atoms with van der Waals surface area (Å²) >= 11 is 0. The minimum atomic E-state index is -3.55. The highest BCUT2D eigenvalue weighted by molar-refractivity contribution is 7.89. The molecule has 1 heterocycles. The van der Waals surface area contributed by atoms with Crippen LogP contribution in [0.1, 0.15) is 43.7 Å². The van der Waals surface area contributed by atoms with Crippen LogP contribution in [0.5, 0.6) is 0 Å². The van der Waals surface area contributed by atoms with Crippen molar-refractivity contribution in [3.8, 4) is 0 Å². The Morgan fingerprint density at radius 2 is 1.63 bits per heavy atom. The van der Waals surface area contributed by atoms with Crippen molar-refractivity contribution < 1.29 is 17.6 Å². The molecule has 0 bridgehead atoms. The molecule has 162 valence electrons. The van der Waals surface area contributed by atoms with Crippen LogP contribution >= 0.6 is 0 Å². The van der Waals surface area contributed by atoms with Gasteiger partial charge in [-0.3, -0.25) is 4.79 Å². The molecule has 30 heavy (non-hydrogen) atoms. The van der Waals surface area contributed by atoms with Crippen molar-refractivity contribution in [2.45, 2.75) is 44.0 Å². The molecular formula is C23H29FN2O3S. The molecule has 5 nitrogen and oxygen atoms in total. The van der Waals surface area contributed by atoms with Gasteiger partial charge in [0.1, 0.15) is 5.82 Å². The van der Waals surface area contributed by atoms with Gasteiger partial charge in [0.25, 0.3) is 0 Å². The summed E-state index contributed by atoms with van der Waals surface area (Å²) in [7, 11) is -1.83. The lowest BCUT2D eigenvalue weighted by molar-refractivity contribution is -0.135. The fourth-order valence-electron chi connectivity index (χ4n) is 3.77. The van der Waals surface area contributed by atoms with Gasteiger partial charge in [-0.05, 0) is 54.2 Å². The van der Waals surface area contributed by atoms with Gasteiger partial charge in [0.15, 0.2) is 0 Å². The summed E-state index contributed by atoms with van der Waals surface area (Å²) in [6.07, 6.45) is 0.992. The summed E-state index contributed by atoms with van der Waals surface area (Å²) < 4.78 is 40.4. The van der Waals surface area contributed by atoms with Crippen LogP contribution in [-0.2, 0) is 21.4 Å². The summed E-state index contributed by atoms with van der Waals surface area (Å²) in [4.78, 5) is 14.7. The van der Waals surface area contributed by atoms with Crippen LogP contribution in [0.15, 0.2) is 53.4 Å². The van der Waals surface area contributed by atoms with E-state index < -0.39 is 10.0 Å². The minimum absolute atomic E-state index is 0.00217. The number of carbonyl (C=O) groups is 1. The molecule has 1 fully saturated rings. The third-order valence-electron chi connectivity index (χ3n) is 5.70. The maximum absolute atomic E-state index is 13.0. The molecule has 1 amide bonds. The van der Waals surface area contributed by atoms with E-state index in [1.54, 1.807) is 36.2 Å². The number of piperidine rings is 1. The number of rotatable bonds is 6. The summed E-state index contributed by atoms with van der Waals surface area (Å²) in [5.41, 5.74) is 1.96. The molecule has 0 unspecified atom stereocenters. The van der Waals surface area contributed by atoms with Crippen LogP contribution in [-0.4, -0.2) is 43.7 Å². The first kappa shape index (κ1) is 22.4. The molecule has 2 aromatic rings. The maximum atomic E-state index is 13.0. The van der Waals surface area contributed by atoms with Gasteiger partial charge in [-0.15, -0.1) is 0 Å². The van der Waals surface area contributed by atoms with Crippen LogP contribution < -0.4 is 0 Å². The molecule has 1 aliphatic rings. The summed E-state index contributed by atoms with van der Waals surface area (Å²) in [5, 5.41) is 0. The van der Waals surface area contributed by atoms with E-state index in [2.05, 4.69) is 13.8 Å². The van der Waals surface area contributed by atoms with Crippen molar-refractivity contribution in [3.63, 3.8) is 0 Å². The SMILES string of the molecule is CC(C)c1ccc(S(=O)(=O)N2CCC(C(=O)N(C)Cc3ccc(F)cc3)CC2)cc1. The van der Waals surface area contributed by atoms with Gasteiger partial charge in [0.05, 0.1) is 4.90 Å². The van der Waals surface area contributed by atoms with Crippen LogP contribution in [0.25, 0.3) is 0 Å². The number of sulfonamides is 1. The number of amides is 1. The van der Waals surface area contributed by atoms with Crippen LogP contribution in [0.2, 0.25) is 0 Å². The Kier molecular flexibility index (Phi) is 6.93. The second-order valence-corrected chi connectivity index (χ2v) is 10.2. The standard InChI is InChI=1S/C23H29FN2O3S/c1-17(2)19-6-10-22(11-7-19)30(28,29)26-14-12-20(13-15-26)23(27)25(3)16-18-4-8-21(24)9-5-18/h4-11,17,20H,12-16H2,1-3H3. The number of nitrogens with zero attached hydrogens (tertiary/aromatic N) is 2. The van der Waals surface area contributed by atoms with E-state index in [0.717, 1.165) is 11.1 Å². The smallest absolute Gasteiger partial charge is 0.243 e. The number of hydrogen-bond acceptors (Lipinski definition) is 3. The molecule has 0 N–H and O–H groups in total. The first-order valence-corrected chi connectivity index (χ1v) is 11.7. The largest absolute Gasteiger partial charge is 0.341 e. The van der Waals surface area contributed by atoms with Crippen LogP contribution in [0.3, 0.4) is 0 Å². The highest BCUT2D eigenvalue weighted by Crippen LogP contribution is 2.26. The summed E-state index contributed by atoms with van der Waals surface area (Å²) in [5.74, 6) is -0.168. The highest BCUT2D eigenvalue weighted by Gasteiger charge is 2.33. The summed E-state index contributed by atoms with van der Waals surface area (Å²) in [6, 6.07) is 13.1. The Hall–Kier alpha value is -2.25.